The third kappa shape index (κ3) is 3.39. The lowest BCUT2D eigenvalue weighted by Gasteiger charge is -2.09. The van der Waals surface area contributed by atoms with E-state index in [1.54, 1.807) is 30.3 Å². The van der Waals surface area contributed by atoms with E-state index in [2.05, 4.69) is 10.3 Å². The van der Waals surface area contributed by atoms with Crippen molar-refractivity contribution in [1.82, 2.24) is 10.3 Å². The van der Waals surface area contributed by atoms with Gasteiger partial charge in [-0.05, 0) is 25.1 Å². The molecule has 2 aromatic rings. The molecule has 0 aliphatic rings. The number of nitrogens with zero attached hydrogens (tertiary/aromatic N) is 1. The SMILES string of the molecule is CCNC(=O)c1cc(Oc2cc(N)ccc2Cl)ccn1. The molecule has 0 fully saturated rings. The maximum Gasteiger partial charge on any atom is 0.270 e. The predicted molar refractivity (Wildman–Crippen MR) is 78.2 cm³/mol. The van der Waals surface area contributed by atoms with Crippen LogP contribution in [0.25, 0.3) is 0 Å². The van der Waals surface area contributed by atoms with Crippen molar-refractivity contribution in [3.8, 4) is 11.5 Å². The zero-order valence-electron chi connectivity index (χ0n) is 10.9. The van der Waals surface area contributed by atoms with Gasteiger partial charge < -0.3 is 15.8 Å². The molecule has 0 spiro atoms. The average molecular weight is 292 g/mol. The van der Waals surface area contributed by atoms with Crippen molar-refractivity contribution >= 4 is 23.2 Å². The normalized spacial score (nSPS) is 10.1. The Balaban J connectivity index is 2.23. The van der Waals surface area contributed by atoms with Gasteiger partial charge in [0.15, 0.2) is 0 Å². The molecule has 2 rings (SSSR count). The molecule has 0 aliphatic heterocycles. The molecule has 1 heterocycles. The number of carbonyl (C=O) groups is 1. The fourth-order valence-corrected chi connectivity index (χ4v) is 1.73. The van der Waals surface area contributed by atoms with Crippen LogP contribution in [0.15, 0.2) is 36.5 Å². The monoisotopic (exact) mass is 291 g/mol. The van der Waals surface area contributed by atoms with Gasteiger partial charge in [-0.3, -0.25) is 9.78 Å². The van der Waals surface area contributed by atoms with E-state index in [0.29, 0.717) is 28.8 Å². The van der Waals surface area contributed by atoms with Crippen molar-refractivity contribution in [2.24, 2.45) is 0 Å². The fourth-order valence-electron chi connectivity index (χ4n) is 1.58. The van der Waals surface area contributed by atoms with Crippen molar-refractivity contribution in [2.75, 3.05) is 12.3 Å². The predicted octanol–water partition coefficient (Wildman–Crippen LogP) is 2.86. The number of halogens is 1. The van der Waals surface area contributed by atoms with Gasteiger partial charge in [0.05, 0.1) is 5.02 Å². The number of nitrogens with two attached hydrogens (primary N) is 1. The second-order valence-electron chi connectivity index (χ2n) is 4.03. The largest absolute Gasteiger partial charge is 0.456 e. The standard InChI is InChI=1S/C14H14ClN3O2/c1-2-17-14(19)12-8-10(5-6-18-12)20-13-7-9(16)3-4-11(13)15/h3-8H,2,16H2,1H3,(H,17,19). The summed E-state index contributed by atoms with van der Waals surface area (Å²) in [6.07, 6.45) is 1.50. The highest BCUT2D eigenvalue weighted by molar-refractivity contribution is 6.32. The lowest BCUT2D eigenvalue weighted by molar-refractivity contribution is 0.0950. The molecule has 0 radical (unpaired) electrons. The minimum atomic E-state index is -0.253. The number of pyridine rings is 1. The maximum atomic E-state index is 11.7. The van der Waals surface area contributed by atoms with Gasteiger partial charge in [-0.1, -0.05) is 11.6 Å². The van der Waals surface area contributed by atoms with Gasteiger partial charge in [0.1, 0.15) is 17.2 Å². The molecule has 0 aliphatic carbocycles. The summed E-state index contributed by atoms with van der Waals surface area (Å²) in [6, 6.07) is 8.14. The average Bonchev–Trinajstić information content (AvgIpc) is 2.43. The van der Waals surface area contributed by atoms with Gasteiger partial charge in [-0.25, -0.2) is 0 Å². The number of benzene rings is 1. The second kappa shape index (κ2) is 6.25. The van der Waals surface area contributed by atoms with Crippen LogP contribution in [0.3, 0.4) is 0 Å². The van der Waals surface area contributed by atoms with Crippen molar-refractivity contribution in [3.63, 3.8) is 0 Å². The van der Waals surface area contributed by atoms with Crippen molar-refractivity contribution < 1.29 is 9.53 Å². The van der Waals surface area contributed by atoms with E-state index in [-0.39, 0.29) is 11.6 Å². The summed E-state index contributed by atoms with van der Waals surface area (Å²) in [7, 11) is 0. The summed E-state index contributed by atoms with van der Waals surface area (Å²) in [5, 5.41) is 3.11. The van der Waals surface area contributed by atoms with Crippen LogP contribution in [0, 0.1) is 0 Å². The molecule has 1 amide bonds. The highest BCUT2D eigenvalue weighted by atomic mass is 35.5. The number of hydrogen-bond donors (Lipinski definition) is 2. The van der Waals surface area contributed by atoms with E-state index in [1.807, 2.05) is 6.92 Å². The van der Waals surface area contributed by atoms with Crippen LogP contribution in [0.5, 0.6) is 11.5 Å². The number of amides is 1. The zero-order valence-corrected chi connectivity index (χ0v) is 11.6. The van der Waals surface area contributed by atoms with Gasteiger partial charge in [-0.15, -0.1) is 0 Å². The smallest absolute Gasteiger partial charge is 0.270 e. The number of rotatable bonds is 4. The number of ether oxygens (including phenoxy) is 1. The van der Waals surface area contributed by atoms with Gasteiger partial charge in [0, 0.05) is 30.6 Å². The van der Waals surface area contributed by atoms with E-state index in [1.165, 1.54) is 6.20 Å². The first-order valence-electron chi connectivity index (χ1n) is 6.07. The highest BCUT2D eigenvalue weighted by Crippen LogP contribution is 2.31. The number of carbonyl (C=O) groups excluding carboxylic acids is 1. The molecule has 20 heavy (non-hydrogen) atoms. The first-order chi connectivity index (χ1) is 9.60. The summed E-state index contributed by atoms with van der Waals surface area (Å²) < 4.78 is 5.63. The van der Waals surface area contributed by atoms with Crippen LogP contribution >= 0.6 is 11.6 Å². The van der Waals surface area contributed by atoms with Crippen molar-refractivity contribution in [1.29, 1.82) is 0 Å². The first-order valence-corrected chi connectivity index (χ1v) is 6.45. The molecule has 0 unspecified atom stereocenters. The topological polar surface area (TPSA) is 77.2 Å². The van der Waals surface area contributed by atoms with E-state index >= 15 is 0 Å². The van der Waals surface area contributed by atoms with Crippen LogP contribution in [0.2, 0.25) is 5.02 Å². The Kier molecular flexibility index (Phi) is 4.42. The molecule has 6 heteroatoms. The summed E-state index contributed by atoms with van der Waals surface area (Å²) >= 11 is 6.02. The van der Waals surface area contributed by atoms with E-state index in [9.17, 15) is 4.79 Å². The minimum absolute atomic E-state index is 0.253. The van der Waals surface area contributed by atoms with E-state index in [4.69, 9.17) is 22.1 Å². The second-order valence-corrected chi connectivity index (χ2v) is 4.44. The number of nitrogens with one attached hydrogen (secondary N) is 1. The highest BCUT2D eigenvalue weighted by Gasteiger charge is 2.09. The van der Waals surface area contributed by atoms with Crippen LogP contribution in [0.4, 0.5) is 5.69 Å². The third-order valence-electron chi connectivity index (χ3n) is 2.48. The summed E-state index contributed by atoms with van der Waals surface area (Å²) in [4.78, 5) is 15.7. The molecule has 3 N–H and O–H groups in total. The van der Waals surface area contributed by atoms with Crippen LogP contribution in [-0.2, 0) is 0 Å². The molecule has 0 saturated heterocycles. The van der Waals surface area contributed by atoms with Crippen molar-refractivity contribution in [3.05, 3.63) is 47.2 Å². The number of anilines is 1. The quantitative estimate of drug-likeness (QED) is 0.849. The molecular formula is C14H14ClN3O2. The Labute approximate surface area is 121 Å². The molecule has 0 bridgehead atoms. The Bertz CT molecular complexity index is 632. The Morgan fingerprint density at radius 2 is 2.20 bits per heavy atom. The number of nitrogen functional groups attached to an aromatic ring is 1. The Hall–Kier alpha value is -2.27. The van der Waals surface area contributed by atoms with Crippen LogP contribution in [0.1, 0.15) is 17.4 Å². The number of aromatic nitrogens is 1. The van der Waals surface area contributed by atoms with Gasteiger partial charge >= 0.3 is 0 Å². The van der Waals surface area contributed by atoms with Crippen molar-refractivity contribution in [2.45, 2.75) is 6.92 Å². The molecule has 104 valence electrons. The van der Waals surface area contributed by atoms with E-state index < -0.39 is 0 Å². The Morgan fingerprint density at radius 1 is 1.40 bits per heavy atom. The van der Waals surface area contributed by atoms with Crippen LogP contribution in [-0.4, -0.2) is 17.4 Å². The molecule has 1 aromatic heterocycles. The van der Waals surface area contributed by atoms with Gasteiger partial charge in [-0.2, -0.15) is 0 Å². The first kappa shape index (κ1) is 14.1. The third-order valence-corrected chi connectivity index (χ3v) is 2.80. The Morgan fingerprint density at radius 3 is 2.95 bits per heavy atom. The summed E-state index contributed by atoms with van der Waals surface area (Å²) in [6.45, 7) is 2.37. The zero-order chi connectivity index (χ0) is 14.5. The summed E-state index contributed by atoms with van der Waals surface area (Å²) in [5.74, 6) is 0.644. The molecule has 1 aromatic carbocycles. The fraction of sp³-hybridized carbons (Fsp3) is 0.143. The molecule has 5 nitrogen and oxygen atoms in total. The van der Waals surface area contributed by atoms with E-state index in [0.717, 1.165) is 0 Å². The minimum Gasteiger partial charge on any atom is -0.456 e. The maximum absolute atomic E-state index is 11.7. The molecule has 0 saturated carbocycles. The lowest BCUT2D eigenvalue weighted by atomic mass is 10.3. The number of hydrogen-bond acceptors (Lipinski definition) is 4. The lowest BCUT2D eigenvalue weighted by Crippen LogP contribution is -2.23. The summed E-state index contributed by atoms with van der Waals surface area (Å²) in [5.41, 5.74) is 6.51. The molecular weight excluding hydrogens is 278 g/mol. The van der Waals surface area contributed by atoms with Crippen LogP contribution < -0.4 is 15.8 Å². The van der Waals surface area contributed by atoms with Gasteiger partial charge in [0.2, 0.25) is 0 Å². The van der Waals surface area contributed by atoms with Gasteiger partial charge in [0.25, 0.3) is 5.91 Å². The molecule has 0 atom stereocenters.